The minimum Gasteiger partial charge on any atom is -0.497 e. The summed E-state index contributed by atoms with van der Waals surface area (Å²) in [6.07, 6.45) is 4.40. The lowest BCUT2D eigenvalue weighted by molar-refractivity contribution is 0.408. The molecule has 2 N–H and O–H groups in total. The van der Waals surface area contributed by atoms with Gasteiger partial charge in [-0.25, -0.2) is 0 Å². The lowest BCUT2D eigenvalue weighted by atomic mass is 9.88. The number of methoxy groups -OCH3 is 1. The number of rotatable bonds is 4. The highest BCUT2D eigenvalue weighted by Gasteiger charge is 2.37. The molecule has 1 aliphatic carbocycles. The van der Waals surface area contributed by atoms with Gasteiger partial charge in [-0.2, -0.15) is 0 Å². The molecule has 3 nitrogen and oxygen atoms in total. The molecule has 0 unspecified atom stereocenters. The molecule has 0 heterocycles. The van der Waals surface area contributed by atoms with Gasteiger partial charge < -0.3 is 15.4 Å². The first-order valence-corrected chi connectivity index (χ1v) is 8.90. The second-order valence-corrected chi connectivity index (χ2v) is 6.89. The first-order chi connectivity index (χ1) is 11.6. The van der Waals surface area contributed by atoms with Gasteiger partial charge in [0.25, 0.3) is 0 Å². The van der Waals surface area contributed by atoms with Crippen molar-refractivity contribution < 1.29 is 4.74 Å². The number of thiocarbonyl (C=S) groups is 1. The van der Waals surface area contributed by atoms with Crippen LogP contribution in [0.2, 0.25) is 5.02 Å². The van der Waals surface area contributed by atoms with E-state index in [0.29, 0.717) is 5.11 Å². The zero-order valence-electron chi connectivity index (χ0n) is 13.6. The fraction of sp³-hybridized carbons (Fsp3) is 0.316. The molecule has 1 fully saturated rings. The van der Waals surface area contributed by atoms with Crippen LogP contribution < -0.4 is 15.4 Å². The van der Waals surface area contributed by atoms with Crippen molar-refractivity contribution >= 4 is 34.6 Å². The van der Waals surface area contributed by atoms with E-state index < -0.39 is 0 Å². The molecule has 0 bridgehead atoms. The second kappa shape index (κ2) is 7.41. The molecular formula is C19H21ClN2OS. The van der Waals surface area contributed by atoms with Crippen LogP contribution in [0.5, 0.6) is 5.75 Å². The molecule has 0 amide bonds. The molecule has 3 rings (SSSR count). The van der Waals surface area contributed by atoms with Gasteiger partial charge in [0.05, 0.1) is 12.6 Å². The maximum atomic E-state index is 6.45. The van der Waals surface area contributed by atoms with Crippen LogP contribution in [-0.4, -0.2) is 12.2 Å². The molecule has 0 atom stereocenters. The molecule has 0 saturated heterocycles. The Morgan fingerprint density at radius 2 is 1.75 bits per heavy atom. The molecule has 5 heteroatoms. The van der Waals surface area contributed by atoms with Gasteiger partial charge in [-0.05, 0) is 61.0 Å². The van der Waals surface area contributed by atoms with Crippen molar-refractivity contribution in [3.05, 3.63) is 59.1 Å². The summed E-state index contributed by atoms with van der Waals surface area (Å²) in [5.74, 6) is 0.822. The first-order valence-electron chi connectivity index (χ1n) is 8.11. The highest BCUT2D eigenvalue weighted by atomic mass is 35.5. The standard InChI is InChI=1S/C19H21ClN2OS/c1-23-15-10-8-14(9-11-15)21-18(24)22-19(12-4-5-13-19)16-6-2-3-7-17(16)20/h2-3,6-11H,4-5,12-13H2,1H3,(H2,21,22,24). The maximum Gasteiger partial charge on any atom is 0.171 e. The Balaban J connectivity index is 1.76. The Labute approximate surface area is 153 Å². The van der Waals surface area contributed by atoms with Crippen molar-refractivity contribution in [2.24, 2.45) is 0 Å². The molecule has 2 aromatic rings. The highest BCUT2D eigenvalue weighted by Crippen LogP contribution is 2.41. The summed E-state index contributed by atoms with van der Waals surface area (Å²) < 4.78 is 5.18. The Bertz CT molecular complexity index is 712. The normalized spacial score (nSPS) is 15.8. The number of anilines is 1. The van der Waals surface area contributed by atoms with Crippen LogP contribution in [0.25, 0.3) is 0 Å². The van der Waals surface area contributed by atoms with Gasteiger partial charge in [0, 0.05) is 10.7 Å². The number of halogens is 1. The van der Waals surface area contributed by atoms with Crippen molar-refractivity contribution in [3.63, 3.8) is 0 Å². The van der Waals surface area contributed by atoms with Gasteiger partial charge in [-0.1, -0.05) is 42.6 Å². The predicted molar refractivity (Wildman–Crippen MR) is 104 cm³/mol. The quantitative estimate of drug-likeness (QED) is 0.743. The zero-order valence-corrected chi connectivity index (χ0v) is 15.2. The third-order valence-corrected chi connectivity index (χ3v) is 5.08. The van der Waals surface area contributed by atoms with E-state index >= 15 is 0 Å². The predicted octanol–water partition coefficient (Wildman–Crippen LogP) is 5.10. The van der Waals surface area contributed by atoms with E-state index in [1.807, 2.05) is 42.5 Å². The molecule has 1 aliphatic rings. The molecule has 1 saturated carbocycles. The van der Waals surface area contributed by atoms with Gasteiger partial charge >= 0.3 is 0 Å². The van der Waals surface area contributed by atoms with Crippen LogP contribution in [0.3, 0.4) is 0 Å². The maximum absolute atomic E-state index is 6.45. The highest BCUT2D eigenvalue weighted by molar-refractivity contribution is 7.80. The third-order valence-electron chi connectivity index (χ3n) is 4.55. The van der Waals surface area contributed by atoms with Gasteiger partial charge in [-0.3, -0.25) is 0 Å². The second-order valence-electron chi connectivity index (χ2n) is 6.08. The monoisotopic (exact) mass is 360 g/mol. The smallest absolute Gasteiger partial charge is 0.171 e. The molecule has 0 radical (unpaired) electrons. The lowest BCUT2D eigenvalue weighted by Crippen LogP contribution is -2.45. The summed E-state index contributed by atoms with van der Waals surface area (Å²) in [4.78, 5) is 0. The largest absolute Gasteiger partial charge is 0.497 e. The van der Waals surface area contributed by atoms with Gasteiger partial charge in [0.1, 0.15) is 5.75 Å². The van der Waals surface area contributed by atoms with Gasteiger partial charge in [0.2, 0.25) is 0 Å². The molecule has 0 aliphatic heterocycles. The lowest BCUT2D eigenvalue weighted by Gasteiger charge is -2.33. The van der Waals surface area contributed by atoms with E-state index in [4.69, 9.17) is 28.6 Å². The Hall–Kier alpha value is -1.78. The SMILES string of the molecule is COc1ccc(NC(=S)NC2(c3ccccc3Cl)CCCC2)cc1. The van der Waals surface area contributed by atoms with Crippen molar-refractivity contribution in [1.82, 2.24) is 5.32 Å². The number of benzene rings is 2. The van der Waals surface area contributed by atoms with Crippen LogP contribution in [0, 0.1) is 0 Å². The Morgan fingerprint density at radius 1 is 1.08 bits per heavy atom. The van der Waals surface area contributed by atoms with E-state index in [0.717, 1.165) is 34.9 Å². The minimum absolute atomic E-state index is 0.186. The number of hydrogen-bond donors (Lipinski definition) is 2. The number of hydrogen-bond acceptors (Lipinski definition) is 2. The number of nitrogens with one attached hydrogen (secondary N) is 2. The van der Waals surface area contributed by atoms with Crippen molar-refractivity contribution in [2.75, 3.05) is 12.4 Å². The van der Waals surface area contributed by atoms with E-state index in [1.165, 1.54) is 12.8 Å². The van der Waals surface area contributed by atoms with E-state index in [-0.39, 0.29) is 5.54 Å². The Morgan fingerprint density at radius 3 is 2.38 bits per heavy atom. The number of ether oxygens (including phenoxy) is 1. The van der Waals surface area contributed by atoms with Crippen molar-refractivity contribution in [3.8, 4) is 5.75 Å². The van der Waals surface area contributed by atoms with Crippen molar-refractivity contribution in [2.45, 2.75) is 31.2 Å². The van der Waals surface area contributed by atoms with Crippen molar-refractivity contribution in [1.29, 1.82) is 0 Å². The molecule has 2 aromatic carbocycles. The summed E-state index contributed by atoms with van der Waals surface area (Å²) in [6, 6.07) is 15.7. The summed E-state index contributed by atoms with van der Waals surface area (Å²) in [5, 5.41) is 8.19. The first kappa shape index (κ1) is 17.1. The molecule has 0 aromatic heterocycles. The van der Waals surface area contributed by atoms with Gasteiger partial charge in [0.15, 0.2) is 5.11 Å². The summed E-state index contributed by atoms with van der Waals surface area (Å²) in [7, 11) is 1.65. The molecule has 126 valence electrons. The van der Waals surface area contributed by atoms with E-state index in [1.54, 1.807) is 7.11 Å². The van der Waals surface area contributed by atoms with E-state index in [2.05, 4.69) is 16.7 Å². The fourth-order valence-corrected chi connectivity index (χ4v) is 3.97. The Kier molecular flexibility index (Phi) is 5.27. The average Bonchev–Trinajstić information content (AvgIpc) is 3.05. The van der Waals surface area contributed by atoms with Crippen LogP contribution >= 0.6 is 23.8 Å². The van der Waals surface area contributed by atoms with Gasteiger partial charge in [-0.15, -0.1) is 0 Å². The third kappa shape index (κ3) is 3.65. The summed E-state index contributed by atoms with van der Waals surface area (Å²) in [5.41, 5.74) is 1.87. The van der Waals surface area contributed by atoms with Crippen LogP contribution in [-0.2, 0) is 5.54 Å². The van der Waals surface area contributed by atoms with Crippen LogP contribution in [0.4, 0.5) is 5.69 Å². The topological polar surface area (TPSA) is 33.3 Å². The van der Waals surface area contributed by atoms with E-state index in [9.17, 15) is 0 Å². The summed E-state index contributed by atoms with van der Waals surface area (Å²) >= 11 is 12.0. The van der Waals surface area contributed by atoms with Crippen LogP contribution in [0.1, 0.15) is 31.2 Å². The average molecular weight is 361 g/mol. The fourth-order valence-electron chi connectivity index (χ4n) is 3.34. The zero-order chi connectivity index (χ0) is 17.0. The molecule has 24 heavy (non-hydrogen) atoms. The molecule has 0 spiro atoms. The van der Waals surface area contributed by atoms with Crippen LogP contribution in [0.15, 0.2) is 48.5 Å². The minimum atomic E-state index is -0.186. The summed E-state index contributed by atoms with van der Waals surface area (Å²) in [6.45, 7) is 0. The molecular weight excluding hydrogens is 340 g/mol.